The van der Waals surface area contributed by atoms with Crippen LogP contribution < -0.4 is 10.3 Å². The Morgan fingerprint density at radius 2 is 2.36 bits per heavy atom. The zero-order valence-corrected chi connectivity index (χ0v) is 8.17. The summed E-state index contributed by atoms with van der Waals surface area (Å²) in [6.45, 7) is 0. The first-order valence-corrected chi connectivity index (χ1v) is 4.66. The van der Waals surface area contributed by atoms with E-state index in [9.17, 15) is 4.79 Å². The smallest absolute Gasteiger partial charge is 0.273 e. The molecule has 0 radical (unpaired) electrons. The van der Waals surface area contributed by atoms with Crippen LogP contribution in [-0.4, -0.2) is 22.1 Å². The third kappa shape index (κ3) is 1.51. The molecule has 2 aromatic heterocycles. The van der Waals surface area contributed by atoms with E-state index in [2.05, 4.69) is 15.0 Å². The highest BCUT2D eigenvalue weighted by atomic mass is 32.1. The van der Waals surface area contributed by atoms with Gasteiger partial charge in [-0.05, 0) is 0 Å². The van der Waals surface area contributed by atoms with E-state index < -0.39 is 0 Å². The summed E-state index contributed by atoms with van der Waals surface area (Å²) < 4.78 is 4.93. The molecule has 0 saturated heterocycles. The van der Waals surface area contributed by atoms with Crippen molar-refractivity contribution in [2.75, 3.05) is 7.11 Å². The Morgan fingerprint density at radius 1 is 1.50 bits per heavy atom. The number of thiazole rings is 1. The summed E-state index contributed by atoms with van der Waals surface area (Å²) in [7, 11) is 1.54. The minimum Gasteiger partial charge on any atom is -0.473 e. The van der Waals surface area contributed by atoms with Gasteiger partial charge >= 0.3 is 0 Å². The highest BCUT2D eigenvalue weighted by Crippen LogP contribution is 2.27. The Morgan fingerprint density at radius 3 is 3.00 bits per heavy atom. The molecule has 0 bridgehead atoms. The molecule has 72 valence electrons. The van der Waals surface area contributed by atoms with E-state index in [4.69, 9.17) is 4.74 Å². The topological polar surface area (TPSA) is 67.9 Å². The monoisotopic (exact) mass is 209 g/mol. The number of methoxy groups -OCH3 is 1. The molecule has 0 saturated carbocycles. The fourth-order valence-corrected chi connectivity index (χ4v) is 1.73. The second-order valence-electron chi connectivity index (χ2n) is 2.49. The quantitative estimate of drug-likeness (QED) is 0.798. The number of H-pyrrole nitrogens is 1. The van der Waals surface area contributed by atoms with Crippen LogP contribution in [0.25, 0.3) is 10.4 Å². The molecule has 0 spiro atoms. The van der Waals surface area contributed by atoms with Gasteiger partial charge in [-0.3, -0.25) is 4.79 Å². The normalized spacial score (nSPS) is 10.1. The van der Waals surface area contributed by atoms with Gasteiger partial charge < -0.3 is 9.72 Å². The van der Waals surface area contributed by atoms with Crippen molar-refractivity contribution in [3.63, 3.8) is 0 Å². The third-order valence-corrected chi connectivity index (χ3v) is 2.63. The third-order valence-electron chi connectivity index (χ3n) is 1.64. The number of hydrogen-bond donors (Lipinski definition) is 1. The summed E-state index contributed by atoms with van der Waals surface area (Å²) in [5, 5.41) is 0.531. The van der Waals surface area contributed by atoms with Crippen LogP contribution in [0.2, 0.25) is 0 Å². The van der Waals surface area contributed by atoms with Gasteiger partial charge in [0, 0.05) is 6.20 Å². The molecule has 2 heterocycles. The van der Waals surface area contributed by atoms with Crippen molar-refractivity contribution in [3.05, 3.63) is 29.1 Å². The summed E-state index contributed by atoms with van der Waals surface area (Å²) in [5.74, 6) is 0. The maximum absolute atomic E-state index is 11.4. The van der Waals surface area contributed by atoms with Crippen LogP contribution >= 0.6 is 11.3 Å². The highest BCUT2D eigenvalue weighted by molar-refractivity contribution is 7.16. The van der Waals surface area contributed by atoms with E-state index in [1.807, 2.05) is 0 Å². The molecule has 2 aromatic rings. The second-order valence-corrected chi connectivity index (χ2v) is 3.48. The van der Waals surface area contributed by atoms with E-state index in [0.29, 0.717) is 10.8 Å². The molecule has 0 aliphatic heterocycles. The molecule has 0 aliphatic rings. The lowest BCUT2D eigenvalue weighted by molar-refractivity contribution is 0.412. The van der Waals surface area contributed by atoms with Crippen LogP contribution in [0.15, 0.2) is 23.5 Å². The lowest BCUT2D eigenvalue weighted by Gasteiger charge is -1.91. The Labute approximate surface area is 83.4 Å². The van der Waals surface area contributed by atoms with Crippen LogP contribution in [0.3, 0.4) is 0 Å². The Hall–Kier alpha value is -1.69. The molecule has 5 nitrogen and oxygen atoms in total. The van der Waals surface area contributed by atoms with Gasteiger partial charge in [-0.1, -0.05) is 11.3 Å². The standard InChI is InChI=1S/C8H7N3O2S/c1-13-8-10-3-6(14-8)5-2-9-4-11-7(5)12/h2-4H,1H3,(H,9,11,12). The largest absolute Gasteiger partial charge is 0.473 e. The number of nitrogens with zero attached hydrogens (tertiary/aromatic N) is 2. The van der Waals surface area contributed by atoms with Crippen molar-refractivity contribution in [1.82, 2.24) is 15.0 Å². The summed E-state index contributed by atoms with van der Waals surface area (Å²) in [5.41, 5.74) is 0.333. The van der Waals surface area contributed by atoms with E-state index in [1.165, 1.54) is 31.0 Å². The van der Waals surface area contributed by atoms with Gasteiger partial charge in [0.15, 0.2) is 0 Å². The lowest BCUT2D eigenvalue weighted by atomic mass is 10.3. The first-order valence-electron chi connectivity index (χ1n) is 3.84. The van der Waals surface area contributed by atoms with Gasteiger partial charge in [-0.25, -0.2) is 9.97 Å². The molecule has 0 atom stereocenters. The van der Waals surface area contributed by atoms with Crippen molar-refractivity contribution < 1.29 is 4.74 Å². The molecule has 6 heteroatoms. The highest BCUT2D eigenvalue weighted by Gasteiger charge is 2.07. The minimum absolute atomic E-state index is 0.175. The minimum atomic E-state index is -0.175. The van der Waals surface area contributed by atoms with Crippen molar-refractivity contribution in [2.45, 2.75) is 0 Å². The number of hydrogen-bond acceptors (Lipinski definition) is 5. The maximum atomic E-state index is 11.4. The van der Waals surface area contributed by atoms with E-state index >= 15 is 0 Å². The van der Waals surface area contributed by atoms with Crippen molar-refractivity contribution in [1.29, 1.82) is 0 Å². The first kappa shape index (κ1) is 8.89. The van der Waals surface area contributed by atoms with Gasteiger partial charge in [0.2, 0.25) is 0 Å². The number of rotatable bonds is 2. The van der Waals surface area contributed by atoms with Crippen LogP contribution in [0.4, 0.5) is 0 Å². The van der Waals surface area contributed by atoms with Gasteiger partial charge in [-0.2, -0.15) is 0 Å². The van der Waals surface area contributed by atoms with Crippen LogP contribution in [-0.2, 0) is 0 Å². The number of ether oxygens (including phenoxy) is 1. The average molecular weight is 209 g/mol. The molecule has 0 unspecified atom stereocenters. The Kier molecular flexibility index (Phi) is 2.28. The summed E-state index contributed by atoms with van der Waals surface area (Å²) in [6.07, 6.45) is 4.45. The number of aromatic nitrogens is 3. The van der Waals surface area contributed by atoms with Crippen LogP contribution in [0.1, 0.15) is 0 Å². The molecule has 0 fully saturated rings. The van der Waals surface area contributed by atoms with Gasteiger partial charge in [-0.15, -0.1) is 0 Å². The van der Waals surface area contributed by atoms with E-state index in [1.54, 1.807) is 6.20 Å². The van der Waals surface area contributed by atoms with E-state index in [0.717, 1.165) is 4.88 Å². The molecular formula is C8H7N3O2S. The van der Waals surface area contributed by atoms with Crippen LogP contribution in [0, 0.1) is 0 Å². The molecule has 0 aromatic carbocycles. The lowest BCUT2D eigenvalue weighted by Crippen LogP contribution is -2.07. The molecule has 14 heavy (non-hydrogen) atoms. The molecule has 0 amide bonds. The maximum Gasteiger partial charge on any atom is 0.273 e. The predicted octanol–water partition coefficient (Wildman–Crippen LogP) is 0.902. The van der Waals surface area contributed by atoms with E-state index in [-0.39, 0.29) is 5.56 Å². The fourth-order valence-electron chi connectivity index (χ4n) is 0.997. The number of nitrogens with one attached hydrogen (secondary N) is 1. The number of aromatic amines is 1. The van der Waals surface area contributed by atoms with Crippen LogP contribution in [0.5, 0.6) is 5.19 Å². The van der Waals surface area contributed by atoms with Gasteiger partial charge in [0.05, 0.1) is 30.1 Å². The van der Waals surface area contributed by atoms with Crippen molar-refractivity contribution in [2.24, 2.45) is 0 Å². The van der Waals surface area contributed by atoms with Crippen molar-refractivity contribution in [3.8, 4) is 15.6 Å². The summed E-state index contributed by atoms with van der Waals surface area (Å²) in [4.78, 5) is 22.4. The van der Waals surface area contributed by atoms with Gasteiger partial charge in [0.1, 0.15) is 0 Å². The average Bonchev–Trinajstić information content (AvgIpc) is 2.67. The molecule has 2 rings (SSSR count). The Bertz CT molecular complexity index is 491. The van der Waals surface area contributed by atoms with Gasteiger partial charge in [0.25, 0.3) is 10.8 Å². The summed E-state index contributed by atoms with van der Waals surface area (Å²) in [6, 6.07) is 0. The second kappa shape index (κ2) is 3.59. The summed E-state index contributed by atoms with van der Waals surface area (Å²) >= 11 is 1.31. The molecule has 1 N–H and O–H groups in total. The Balaban J connectivity index is 2.50. The van der Waals surface area contributed by atoms with Crippen molar-refractivity contribution >= 4 is 11.3 Å². The molecular weight excluding hydrogens is 202 g/mol. The SMILES string of the molecule is COc1ncc(-c2cnc[nH]c2=O)s1. The zero-order valence-electron chi connectivity index (χ0n) is 7.35. The fraction of sp³-hybridized carbons (Fsp3) is 0.125. The first-order chi connectivity index (χ1) is 6.81. The zero-order chi connectivity index (χ0) is 9.97. The molecule has 0 aliphatic carbocycles. The predicted molar refractivity (Wildman–Crippen MR) is 52.5 cm³/mol.